The molecular weight excluding hydrogens is 312 g/mol. The Bertz CT molecular complexity index is 734. The molecule has 0 spiro atoms. The lowest BCUT2D eigenvalue weighted by Gasteiger charge is -2.35. The molecule has 0 unspecified atom stereocenters. The largest absolute Gasteiger partial charge is 0.352 e. The van der Waals surface area contributed by atoms with Crippen molar-refractivity contribution < 1.29 is 4.79 Å². The van der Waals surface area contributed by atoms with Crippen molar-refractivity contribution >= 4 is 11.7 Å². The average molecular weight is 338 g/mol. The minimum absolute atomic E-state index is 0.262. The van der Waals surface area contributed by atoms with Crippen LogP contribution in [0.1, 0.15) is 30.9 Å². The van der Waals surface area contributed by atoms with Gasteiger partial charge in [-0.2, -0.15) is 0 Å². The van der Waals surface area contributed by atoms with Gasteiger partial charge in [-0.25, -0.2) is 0 Å². The van der Waals surface area contributed by atoms with Gasteiger partial charge in [-0.3, -0.25) is 4.79 Å². The smallest absolute Gasteiger partial charge is 0.222 e. The Labute approximate surface area is 149 Å². The van der Waals surface area contributed by atoms with Gasteiger partial charge in [0.25, 0.3) is 0 Å². The van der Waals surface area contributed by atoms with Gasteiger partial charge in [0.05, 0.1) is 5.69 Å². The van der Waals surface area contributed by atoms with Crippen molar-refractivity contribution in [1.29, 1.82) is 0 Å². The van der Waals surface area contributed by atoms with Crippen molar-refractivity contribution in [2.75, 3.05) is 31.1 Å². The Morgan fingerprint density at radius 2 is 1.80 bits per heavy atom. The van der Waals surface area contributed by atoms with Crippen LogP contribution in [0.15, 0.2) is 30.3 Å². The summed E-state index contributed by atoms with van der Waals surface area (Å²) in [4.78, 5) is 16.1. The van der Waals surface area contributed by atoms with Crippen LogP contribution in [0.3, 0.4) is 0 Å². The highest BCUT2D eigenvalue weighted by atomic mass is 16.2. The summed E-state index contributed by atoms with van der Waals surface area (Å²) < 4.78 is 0. The first-order valence-corrected chi connectivity index (χ1v) is 9.02. The minimum atomic E-state index is 0.262. The van der Waals surface area contributed by atoms with E-state index in [9.17, 15) is 4.79 Å². The molecule has 1 saturated heterocycles. The number of carbonyl (C=O) groups excluding carboxylic acids is 1. The number of anilines is 1. The second-order valence-electron chi connectivity index (χ2n) is 6.71. The molecule has 5 heteroatoms. The van der Waals surface area contributed by atoms with Gasteiger partial charge in [0.2, 0.25) is 5.91 Å². The van der Waals surface area contributed by atoms with Gasteiger partial charge in [-0.15, -0.1) is 10.2 Å². The van der Waals surface area contributed by atoms with Crippen molar-refractivity contribution in [2.45, 2.75) is 33.6 Å². The maximum absolute atomic E-state index is 12.0. The first kappa shape index (κ1) is 17.4. The van der Waals surface area contributed by atoms with E-state index in [1.54, 1.807) is 0 Å². The van der Waals surface area contributed by atoms with Crippen LogP contribution in [0.5, 0.6) is 0 Å². The molecule has 3 rings (SSSR count). The lowest BCUT2D eigenvalue weighted by molar-refractivity contribution is -0.131. The number of aryl methyl sites for hydroxylation is 2. The van der Waals surface area contributed by atoms with Gasteiger partial charge in [-0.05, 0) is 38.0 Å². The van der Waals surface area contributed by atoms with Crippen LogP contribution < -0.4 is 4.90 Å². The van der Waals surface area contributed by atoms with E-state index >= 15 is 0 Å². The van der Waals surface area contributed by atoms with Crippen LogP contribution in [-0.4, -0.2) is 47.2 Å². The fourth-order valence-electron chi connectivity index (χ4n) is 3.30. The second-order valence-corrected chi connectivity index (χ2v) is 6.71. The fraction of sp³-hybridized carbons (Fsp3) is 0.450. The van der Waals surface area contributed by atoms with Crippen molar-refractivity contribution in [3.05, 3.63) is 41.5 Å². The average Bonchev–Trinajstić information content (AvgIpc) is 2.62. The first-order valence-electron chi connectivity index (χ1n) is 9.02. The van der Waals surface area contributed by atoms with Gasteiger partial charge in [-0.1, -0.05) is 30.7 Å². The number of nitrogens with zero attached hydrogens (tertiary/aromatic N) is 4. The number of piperazine rings is 1. The summed E-state index contributed by atoms with van der Waals surface area (Å²) in [5.41, 5.74) is 4.49. The second kappa shape index (κ2) is 7.64. The molecule has 0 radical (unpaired) electrons. The summed E-state index contributed by atoms with van der Waals surface area (Å²) >= 11 is 0. The van der Waals surface area contributed by atoms with Crippen molar-refractivity contribution in [1.82, 2.24) is 15.1 Å². The van der Waals surface area contributed by atoms with Crippen LogP contribution in [-0.2, 0) is 4.79 Å². The molecule has 2 aromatic rings. The molecule has 0 bridgehead atoms. The van der Waals surface area contributed by atoms with Crippen LogP contribution in [0.2, 0.25) is 0 Å². The number of hydrogen-bond acceptors (Lipinski definition) is 4. The maximum atomic E-state index is 12.0. The van der Waals surface area contributed by atoms with E-state index in [-0.39, 0.29) is 5.91 Å². The molecule has 2 heterocycles. The molecule has 0 saturated carbocycles. The first-order chi connectivity index (χ1) is 12.1. The van der Waals surface area contributed by atoms with E-state index < -0.39 is 0 Å². The van der Waals surface area contributed by atoms with E-state index in [1.807, 2.05) is 24.0 Å². The topological polar surface area (TPSA) is 49.3 Å². The molecule has 25 heavy (non-hydrogen) atoms. The van der Waals surface area contributed by atoms with Crippen LogP contribution >= 0.6 is 0 Å². The molecular formula is C20H26N4O. The summed E-state index contributed by atoms with van der Waals surface area (Å²) in [6.45, 7) is 9.39. The quantitative estimate of drug-likeness (QED) is 0.859. The van der Waals surface area contributed by atoms with Gasteiger partial charge in [0.15, 0.2) is 5.82 Å². The summed E-state index contributed by atoms with van der Waals surface area (Å²) in [5.74, 6) is 1.15. The number of benzene rings is 1. The number of rotatable bonds is 4. The third kappa shape index (κ3) is 3.98. The molecule has 132 valence electrons. The van der Waals surface area contributed by atoms with Crippen LogP contribution in [0, 0.1) is 13.8 Å². The number of carbonyl (C=O) groups is 1. The predicted octanol–water partition coefficient (Wildman–Crippen LogP) is 3.21. The van der Waals surface area contributed by atoms with Crippen molar-refractivity contribution in [3.63, 3.8) is 0 Å². The van der Waals surface area contributed by atoms with E-state index in [4.69, 9.17) is 0 Å². The Kier molecular flexibility index (Phi) is 5.31. The number of hydrogen-bond donors (Lipinski definition) is 0. The molecule has 1 fully saturated rings. The van der Waals surface area contributed by atoms with Gasteiger partial charge in [0.1, 0.15) is 0 Å². The van der Waals surface area contributed by atoms with Crippen molar-refractivity contribution in [2.24, 2.45) is 0 Å². The van der Waals surface area contributed by atoms with E-state index in [2.05, 4.69) is 47.1 Å². The highest BCUT2D eigenvalue weighted by Gasteiger charge is 2.21. The molecule has 0 aliphatic carbocycles. The summed E-state index contributed by atoms with van der Waals surface area (Å²) in [5, 5.41) is 8.85. The Balaban J connectivity index is 1.66. The molecule has 1 aromatic heterocycles. The third-order valence-corrected chi connectivity index (χ3v) is 4.73. The van der Waals surface area contributed by atoms with Crippen LogP contribution in [0.25, 0.3) is 11.3 Å². The standard InChI is InChI=1S/C20H26N4O/c1-4-5-20(25)24-12-10-23(11-13-24)19-9-8-18(21-22-19)17-7-6-15(2)14-16(17)3/h6-9,14H,4-5,10-13H2,1-3H3. The Hall–Kier alpha value is -2.43. The SMILES string of the molecule is CCCC(=O)N1CCN(c2ccc(-c3ccc(C)cc3C)nn2)CC1. The summed E-state index contributed by atoms with van der Waals surface area (Å²) in [7, 11) is 0. The van der Waals surface area contributed by atoms with Gasteiger partial charge >= 0.3 is 0 Å². The maximum Gasteiger partial charge on any atom is 0.222 e. The zero-order valence-corrected chi connectivity index (χ0v) is 15.3. The van der Waals surface area contributed by atoms with Crippen LogP contribution in [0.4, 0.5) is 5.82 Å². The lowest BCUT2D eigenvalue weighted by Crippen LogP contribution is -2.49. The van der Waals surface area contributed by atoms with E-state index in [0.29, 0.717) is 6.42 Å². The normalized spacial score (nSPS) is 14.7. The summed E-state index contributed by atoms with van der Waals surface area (Å²) in [6.07, 6.45) is 1.55. The summed E-state index contributed by atoms with van der Waals surface area (Å²) in [6, 6.07) is 10.4. The Morgan fingerprint density at radius 3 is 2.40 bits per heavy atom. The highest BCUT2D eigenvalue weighted by molar-refractivity contribution is 5.76. The van der Waals surface area contributed by atoms with E-state index in [1.165, 1.54) is 11.1 Å². The van der Waals surface area contributed by atoms with Gasteiger partial charge in [0, 0.05) is 38.2 Å². The fourth-order valence-corrected chi connectivity index (χ4v) is 3.30. The molecule has 1 aromatic carbocycles. The molecule has 0 N–H and O–H groups in total. The number of amides is 1. The van der Waals surface area contributed by atoms with E-state index in [0.717, 1.165) is 49.7 Å². The van der Waals surface area contributed by atoms with Gasteiger partial charge < -0.3 is 9.80 Å². The molecule has 5 nitrogen and oxygen atoms in total. The molecule has 1 aliphatic rings. The number of aromatic nitrogens is 2. The zero-order valence-electron chi connectivity index (χ0n) is 15.3. The third-order valence-electron chi connectivity index (χ3n) is 4.73. The highest BCUT2D eigenvalue weighted by Crippen LogP contribution is 2.23. The van der Waals surface area contributed by atoms with Crippen molar-refractivity contribution in [3.8, 4) is 11.3 Å². The monoisotopic (exact) mass is 338 g/mol. The molecule has 1 aliphatic heterocycles. The molecule has 1 amide bonds. The lowest BCUT2D eigenvalue weighted by atomic mass is 10.0. The minimum Gasteiger partial charge on any atom is -0.352 e. The molecule has 0 atom stereocenters. The zero-order chi connectivity index (χ0) is 17.8. The predicted molar refractivity (Wildman–Crippen MR) is 101 cm³/mol. The Morgan fingerprint density at radius 1 is 1.04 bits per heavy atom.